The van der Waals surface area contributed by atoms with Crippen LogP contribution in [0.3, 0.4) is 0 Å². The zero-order valence-electron chi connectivity index (χ0n) is 15.1. The van der Waals surface area contributed by atoms with Gasteiger partial charge in [-0.15, -0.1) is 0 Å². The lowest BCUT2D eigenvalue weighted by molar-refractivity contribution is -0.137. The molecule has 152 valence electrons. The second kappa shape index (κ2) is 8.84. The molecule has 5 nitrogen and oxygen atoms in total. The first-order valence-electron chi connectivity index (χ1n) is 8.44. The number of alkyl halides is 3. The van der Waals surface area contributed by atoms with Gasteiger partial charge < -0.3 is 4.74 Å². The molecule has 0 aliphatic carbocycles. The maximum atomic E-state index is 12.6. The highest BCUT2D eigenvalue weighted by atomic mass is 35.5. The van der Waals surface area contributed by atoms with Crippen LogP contribution in [0.5, 0.6) is 11.6 Å². The minimum Gasteiger partial charge on any atom is -0.439 e. The molecule has 2 heterocycles. The Morgan fingerprint density at radius 1 is 1.03 bits per heavy atom. The molecule has 1 aromatic carbocycles. The molecule has 0 atom stereocenters. The molecular formula is C19H15Cl2F3N4O. The third-order valence-corrected chi connectivity index (χ3v) is 4.75. The fraction of sp³-hybridized carbons (Fsp3) is 0.211. The summed E-state index contributed by atoms with van der Waals surface area (Å²) < 4.78 is 44.6. The summed E-state index contributed by atoms with van der Waals surface area (Å²) in [4.78, 5) is 11.8. The van der Waals surface area contributed by atoms with E-state index in [4.69, 9.17) is 28.1 Å². The maximum absolute atomic E-state index is 12.6. The molecule has 3 aromatic rings. The minimum atomic E-state index is -4.43. The molecule has 2 aromatic heterocycles. The number of halogens is 5. The molecule has 0 saturated carbocycles. The molecule has 0 spiro atoms. The number of aromatic nitrogens is 3. The monoisotopic (exact) mass is 442 g/mol. The molecule has 0 bridgehead atoms. The molecule has 3 rings (SSSR count). The molecule has 0 aliphatic rings. The number of hydrogen-bond donors (Lipinski definition) is 0. The minimum absolute atomic E-state index is 0.0754. The van der Waals surface area contributed by atoms with Gasteiger partial charge in [0.25, 0.3) is 0 Å². The van der Waals surface area contributed by atoms with Crippen LogP contribution in [0.4, 0.5) is 19.0 Å². The molecule has 0 radical (unpaired) electrons. The van der Waals surface area contributed by atoms with Crippen molar-refractivity contribution in [1.29, 1.82) is 0 Å². The van der Waals surface area contributed by atoms with E-state index in [1.807, 2.05) is 12.1 Å². The zero-order valence-corrected chi connectivity index (χ0v) is 16.6. The summed E-state index contributed by atoms with van der Waals surface area (Å²) in [5.74, 6) is 0.971. The summed E-state index contributed by atoms with van der Waals surface area (Å²) in [5, 5.41) is 0.398. The number of nitrogens with zero attached hydrogens (tertiary/aromatic N) is 4. The van der Waals surface area contributed by atoms with Crippen LogP contribution >= 0.6 is 23.4 Å². The summed E-state index contributed by atoms with van der Waals surface area (Å²) in [6.45, 7) is 2.22. The van der Waals surface area contributed by atoms with Gasteiger partial charge in [-0.1, -0.05) is 23.7 Å². The van der Waals surface area contributed by atoms with Crippen LogP contribution < -0.4 is 9.16 Å². The standard InChI is InChI=1S/C19H15Cl2F3N4O/c1-12-17(20)18(27-11-26-12)28(21)9-8-13-2-5-15(6-3-13)29-16-7-4-14(10-25-16)19(22,23)24/h2-7,10-11H,8-9H2,1H3. The Kier molecular flexibility index (Phi) is 6.44. The Bertz CT molecular complexity index is 967. The van der Waals surface area contributed by atoms with E-state index in [1.54, 1.807) is 19.1 Å². The molecule has 0 N–H and O–H groups in total. The highest BCUT2D eigenvalue weighted by Gasteiger charge is 2.30. The lowest BCUT2D eigenvalue weighted by Gasteiger charge is -2.16. The van der Waals surface area contributed by atoms with E-state index < -0.39 is 11.7 Å². The van der Waals surface area contributed by atoms with Crippen molar-refractivity contribution >= 4 is 29.2 Å². The van der Waals surface area contributed by atoms with Crippen LogP contribution in [0.1, 0.15) is 16.8 Å². The Morgan fingerprint density at radius 2 is 1.76 bits per heavy atom. The second-order valence-electron chi connectivity index (χ2n) is 6.06. The Hall–Kier alpha value is -2.58. The number of anilines is 1. The fourth-order valence-electron chi connectivity index (χ4n) is 2.40. The van der Waals surface area contributed by atoms with Crippen molar-refractivity contribution in [2.45, 2.75) is 19.5 Å². The van der Waals surface area contributed by atoms with E-state index in [0.29, 0.717) is 35.2 Å². The van der Waals surface area contributed by atoms with Gasteiger partial charge in [0.2, 0.25) is 5.88 Å². The molecule has 0 aliphatic heterocycles. The van der Waals surface area contributed by atoms with E-state index in [1.165, 1.54) is 16.8 Å². The quantitative estimate of drug-likeness (QED) is 0.448. The summed E-state index contributed by atoms with van der Waals surface area (Å²) in [7, 11) is 0. The second-order valence-corrected chi connectivity index (χ2v) is 6.85. The summed E-state index contributed by atoms with van der Waals surface area (Å²) in [5.41, 5.74) is 0.788. The van der Waals surface area contributed by atoms with E-state index >= 15 is 0 Å². The first kappa shape index (κ1) is 21.1. The maximum Gasteiger partial charge on any atom is 0.417 e. The van der Waals surface area contributed by atoms with Gasteiger partial charge in [0.1, 0.15) is 17.1 Å². The topological polar surface area (TPSA) is 51.1 Å². The highest BCUT2D eigenvalue weighted by molar-refractivity contribution is 6.36. The van der Waals surface area contributed by atoms with Gasteiger partial charge >= 0.3 is 6.18 Å². The Labute approximate surface area is 175 Å². The van der Waals surface area contributed by atoms with Crippen molar-refractivity contribution in [2.75, 3.05) is 11.0 Å². The summed E-state index contributed by atoms with van der Waals surface area (Å²) in [6, 6.07) is 9.17. The summed E-state index contributed by atoms with van der Waals surface area (Å²) >= 11 is 12.4. The van der Waals surface area contributed by atoms with Crippen molar-refractivity contribution in [1.82, 2.24) is 15.0 Å². The predicted molar refractivity (Wildman–Crippen MR) is 104 cm³/mol. The van der Waals surface area contributed by atoms with Crippen molar-refractivity contribution in [3.8, 4) is 11.6 Å². The Balaban J connectivity index is 1.58. The Morgan fingerprint density at radius 3 is 2.38 bits per heavy atom. The van der Waals surface area contributed by atoms with Crippen molar-refractivity contribution in [2.24, 2.45) is 0 Å². The van der Waals surface area contributed by atoms with Crippen molar-refractivity contribution < 1.29 is 17.9 Å². The SMILES string of the molecule is Cc1ncnc(N(Cl)CCc2ccc(Oc3ccc(C(F)(F)F)cn3)cc2)c1Cl. The highest BCUT2D eigenvalue weighted by Crippen LogP contribution is 2.30. The fourth-order valence-corrected chi connectivity index (χ4v) is 2.86. The van der Waals surface area contributed by atoms with Gasteiger partial charge in [-0.2, -0.15) is 13.2 Å². The van der Waals surface area contributed by atoms with Gasteiger partial charge in [-0.05, 0) is 37.1 Å². The molecule has 0 amide bonds. The first-order valence-corrected chi connectivity index (χ1v) is 9.16. The zero-order chi connectivity index (χ0) is 21.0. The molecule has 29 heavy (non-hydrogen) atoms. The van der Waals surface area contributed by atoms with Crippen LogP contribution in [0.15, 0.2) is 48.9 Å². The number of hydrogen-bond acceptors (Lipinski definition) is 5. The van der Waals surface area contributed by atoms with Gasteiger partial charge in [0.15, 0.2) is 5.82 Å². The van der Waals surface area contributed by atoms with Crippen LogP contribution in [-0.2, 0) is 12.6 Å². The smallest absolute Gasteiger partial charge is 0.417 e. The average Bonchev–Trinajstić information content (AvgIpc) is 2.69. The van der Waals surface area contributed by atoms with E-state index in [-0.39, 0.29) is 5.88 Å². The number of aryl methyl sites for hydroxylation is 1. The van der Waals surface area contributed by atoms with Gasteiger partial charge in [0.05, 0.1) is 11.3 Å². The van der Waals surface area contributed by atoms with Crippen LogP contribution in [0, 0.1) is 6.92 Å². The third kappa shape index (κ3) is 5.48. The number of rotatable bonds is 6. The number of ether oxygens (including phenoxy) is 1. The van der Waals surface area contributed by atoms with Crippen LogP contribution in [-0.4, -0.2) is 21.5 Å². The average molecular weight is 443 g/mol. The van der Waals surface area contributed by atoms with Crippen molar-refractivity contribution in [3.05, 3.63) is 70.8 Å². The van der Waals surface area contributed by atoms with Crippen LogP contribution in [0.25, 0.3) is 0 Å². The van der Waals surface area contributed by atoms with Gasteiger partial charge in [-0.25, -0.2) is 15.0 Å². The predicted octanol–water partition coefficient (Wildman–Crippen LogP) is 5.85. The van der Waals surface area contributed by atoms with Crippen LogP contribution in [0.2, 0.25) is 5.02 Å². The van der Waals surface area contributed by atoms with E-state index in [9.17, 15) is 13.2 Å². The first-order chi connectivity index (χ1) is 13.7. The normalized spacial score (nSPS) is 11.4. The summed E-state index contributed by atoms with van der Waals surface area (Å²) in [6.07, 6.45) is -1.69. The van der Waals surface area contributed by atoms with Gasteiger partial charge in [-0.3, -0.25) is 4.42 Å². The van der Waals surface area contributed by atoms with Gasteiger partial charge in [0, 0.05) is 30.6 Å². The molecule has 0 fully saturated rings. The lowest BCUT2D eigenvalue weighted by Crippen LogP contribution is -2.16. The van der Waals surface area contributed by atoms with Crippen molar-refractivity contribution in [3.63, 3.8) is 0 Å². The molecule has 10 heteroatoms. The number of benzene rings is 1. The van der Waals surface area contributed by atoms with E-state index in [0.717, 1.165) is 17.8 Å². The molecular weight excluding hydrogens is 428 g/mol. The third-order valence-electron chi connectivity index (χ3n) is 3.98. The lowest BCUT2D eigenvalue weighted by atomic mass is 10.1. The molecule has 0 saturated heterocycles. The molecule has 0 unspecified atom stereocenters. The number of pyridine rings is 1. The van der Waals surface area contributed by atoms with E-state index in [2.05, 4.69) is 15.0 Å². The largest absolute Gasteiger partial charge is 0.439 e.